The van der Waals surface area contributed by atoms with E-state index in [1.165, 1.54) is 0 Å². The van der Waals surface area contributed by atoms with Crippen LogP contribution < -0.4 is 5.73 Å². The largest absolute Gasteiger partial charge is 0.361 e. The molecule has 1 aliphatic rings. The summed E-state index contributed by atoms with van der Waals surface area (Å²) in [5.41, 5.74) is 5.70. The van der Waals surface area contributed by atoms with Gasteiger partial charge in [-0.1, -0.05) is 0 Å². The van der Waals surface area contributed by atoms with Gasteiger partial charge in [-0.05, 0) is 27.4 Å². The molecule has 0 aromatic rings. The minimum absolute atomic E-state index is 0.0638. The van der Waals surface area contributed by atoms with Crippen molar-refractivity contribution in [2.24, 2.45) is 5.73 Å². The van der Waals surface area contributed by atoms with Gasteiger partial charge in [-0.15, -0.1) is 0 Å². The van der Waals surface area contributed by atoms with Crippen LogP contribution in [-0.4, -0.2) is 37.4 Å². The van der Waals surface area contributed by atoms with E-state index in [4.69, 9.17) is 10.5 Å². The van der Waals surface area contributed by atoms with Gasteiger partial charge in [-0.3, -0.25) is 0 Å². The molecular weight excluding hydrogens is 140 g/mol. The van der Waals surface area contributed by atoms with E-state index in [9.17, 15) is 0 Å². The predicted molar refractivity (Wildman–Crippen MR) is 45.2 cm³/mol. The average Bonchev–Trinajstić information content (AvgIpc) is 1.85. The number of nitrogens with zero attached hydrogens (tertiary/aromatic N) is 1. The molecule has 1 heterocycles. The molecule has 0 radical (unpaired) electrons. The molecule has 3 nitrogen and oxygen atoms in total. The first kappa shape index (κ1) is 8.97. The molecule has 0 spiro atoms. The maximum Gasteiger partial charge on any atom is 0.107 e. The van der Waals surface area contributed by atoms with Crippen LogP contribution in [-0.2, 0) is 4.74 Å². The first-order valence-corrected chi connectivity index (χ1v) is 4.17. The highest BCUT2D eigenvalue weighted by molar-refractivity contribution is 4.77. The lowest BCUT2D eigenvalue weighted by atomic mass is 10.0. The first-order valence-electron chi connectivity index (χ1n) is 4.17. The SMILES string of the molecule is CC1C[C@H](N(C)C)CC(N)O1. The van der Waals surface area contributed by atoms with Crippen molar-refractivity contribution < 1.29 is 4.74 Å². The first-order chi connectivity index (χ1) is 5.09. The fraction of sp³-hybridized carbons (Fsp3) is 1.00. The van der Waals surface area contributed by atoms with E-state index in [1.807, 2.05) is 0 Å². The molecule has 2 N–H and O–H groups in total. The lowest BCUT2D eigenvalue weighted by Crippen LogP contribution is -2.44. The number of rotatable bonds is 1. The summed E-state index contributed by atoms with van der Waals surface area (Å²) in [6.45, 7) is 2.08. The van der Waals surface area contributed by atoms with Crippen molar-refractivity contribution in [3.05, 3.63) is 0 Å². The molecule has 1 aliphatic heterocycles. The zero-order chi connectivity index (χ0) is 8.43. The van der Waals surface area contributed by atoms with Crippen molar-refractivity contribution in [2.75, 3.05) is 14.1 Å². The van der Waals surface area contributed by atoms with Crippen molar-refractivity contribution in [1.29, 1.82) is 0 Å². The third kappa shape index (κ3) is 2.43. The van der Waals surface area contributed by atoms with Gasteiger partial charge in [0.25, 0.3) is 0 Å². The molecule has 3 atom stereocenters. The van der Waals surface area contributed by atoms with Crippen LogP contribution in [0.4, 0.5) is 0 Å². The maximum absolute atomic E-state index is 5.70. The Morgan fingerprint density at radius 3 is 2.45 bits per heavy atom. The Morgan fingerprint density at radius 2 is 2.00 bits per heavy atom. The van der Waals surface area contributed by atoms with E-state index in [0.717, 1.165) is 12.8 Å². The van der Waals surface area contributed by atoms with Gasteiger partial charge in [0.1, 0.15) is 6.23 Å². The third-order valence-corrected chi connectivity index (χ3v) is 2.25. The zero-order valence-electron chi connectivity index (χ0n) is 7.58. The van der Waals surface area contributed by atoms with Crippen molar-refractivity contribution in [3.8, 4) is 0 Å². The van der Waals surface area contributed by atoms with Gasteiger partial charge in [0, 0.05) is 12.5 Å². The van der Waals surface area contributed by atoms with Crippen LogP contribution in [0.25, 0.3) is 0 Å². The molecule has 0 aromatic heterocycles. The minimum atomic E-state index is -0.0638. The highest BCUT2D eigenvalue weighted by atomic mass is 16.5. The molecule has 1 saturated heterocycles. The second-order valence-corrected chi connectivity index (χ2v) is 3.57. The van der Waals surface area contributed by atoms with Crippen molar-refractivity contribution in [3.63, 3.8) is 0 Å². The van der Waals surface area contributed by atoms with E-state index >= 15 is 0 Å². The molecule has 3 heteroatoms. The lowest BCUT2D eigenvalue weighted by Gasteiger charge is -2.35. The Bertz CT molecular complexity index is 117. The van der Waals surface area contributed by atoms with Crippen LogP contribution in [0.15, 0.2) is 0 Å². The zero-order valence-corrected chi connectivity index (χ0v) is 7.58. The smallest absolute Gasteiger partial charge is 0.107 e. The summed E-state index contributed by atoms with van der Waals surface area (Å²) in [7, 11) is 4.19. The van der Waals surface area contributed by atoms with Gasteiger partial charge < -0.3 is 15.4 Å². The van der Waals surface area contributed by atoms with Crippen molar-refractivity contribution >= 4 is 0 Å². The van der Waals surface area contributed by atoms with E-state index in [1.54, 1.807) is 0 Å². The second-order valence-electron chi connectivity index (χ2n) is 3.57. The van der Waals surface area contributed by atoms with Gasteiger partial charge >= 0.3 is 0 Å². The standard InChI is InChI=1S/C8H18N2O/c1-6-4-7(10(2)3)5-8(9)11-6/h6-8H,4-5,9H2,1-3H3/t6?,7-,8?/m0/s1. The van der Waals surface area contributed by atoms with Crippen LogP contribution in [0, 0.1) is 0 Å². The lowest BCUT2D eigenvalue weighted by molar-refractivity contribution is -0.0636. The van der Waals surface area contributed by atoms with E-state index in [-0.39, 0.29) is 6.23 Å². The molecule has 0 aromatic carbocycles. The fourth-order valence-corrected chi connectivity index (χ4v) is 1.58. The van der Waals surface area contributed by atoms with E-state index in [0.29, 0.717) is 12.1 Å². The molecule has 1 fully saturated rings. The van der Waals surface area contributed by atoms with E-state index in [2.05, 4.69) is 25.9 Å². The molecule has 0 amide bonds. The molecule has 0 saturated carbocycles. The maximum atomic E-state index is 5.70. The topological polar surface area (TPSA) is 38.5 Å². The molecule has 1 rings (SSSR count). The van der Waals surface area contributed by atoms with Crippen LogP contribution in [0.2, 0.25) is 0 Å². The summed E-state index contributed by atoms with van der Waals surface area (Å²) in [5.74, 6) is 0. The van der Waals surface area contributed by atoms with Crippen LogP contribution in [0.3, 0.4) is 0 Å². The summed E-state index contributed by atoms with van der Waals surface area (Å²) >= 11 is 0. The highest BCUT2D eigenvalue weighted by Gasteiger charge is 2.25. The Kier molecular flexibility index (Phi) is 2.87. The van der Waals surface area contributed by atoms with Gasteiger partial charge in [0.15, 0.2) is 0 Å². The Morgan fingerprint density at radius 1 is 1.36 bits per heavy atom. The average molecular weight is 158 g/mol. The quantitative estimate of drug-likeness (QED) is 0.600. The Balaban J connectivity index is 2.43. The summed E-state index contributed by atoms with van der Waals surface area (Å²) in [4.78, 5) is 2.22. The second kappa shape index (κ2) is 3.52. The summed E-state index contributed by atoms with van der Waals surface area (Å²) in [6, 6.07) is 0.591. The number of hydrogen-bond donors (Lipinski definition) is 1. The van der Waals surface area contributed by atoms with Crippen LogP contribution in [0.5, 0.6) is 0 Å². The Labute approximate surface area is 68.5 Å². The van der Waals surface area contributed by atoms with Crippen LogP contribution in [0.1, 0.15) is 19.8 Å². The van der Waals surface area contributed by atoms with Gasteiger partial charge in [0.2, 0.25) is 0 Å². The third-order valence-electron chi connectivity index (χ3n) is 2.25. The van der Waals surface area contributed by atoms with Gasteiger partial charge in [-0.2, -0.15) is 0 Å². The molecule has 0 bridgehead atoms. The van der Waals surface area contributed by atoms with Crippen molar-refractivity contribution in [2.45, 2.75) is 38.1 Å². The molecule has 11 heavy (non-hydrogen) atoms. The van der Waals surface area contributed by atoms with Crippen LogP contribution >= 0.6 is 0 Å². The highest BCUT2D eigenvalue weighted by Crippen LogP contribution is 2.19. The Hall–Kier alpha value is -0.120. The summed E-state index contributed by atoms with van der Waals surface area (Å²) in [6.07, 6.45) is 2.30. The minimum Gasteiger partial charge on any atom is -0.361 e. The number of nitrogens with two attached hydrogens (primary N) is 1. The predicted octanol–water partition coefficient (Wildman–Crippen LogP) is 0.400. The summed E-state index contributed by atoms with van der Waals surface area (Å²) in [5, 5.41) is 0. The molecule has 0 aliphatic carbocycles. The fourth-order valence-electron chi connectivity index (χ4n) is 1.58. The van der Waals surface area contributed by atoms with E-state index < -0.39 is 0 Å². The van der Waals surface area contributed by atoms with Gasteiger partial charge in [-0.25, -0.2) is 0 Å². The monoisotopic (exact) mass is 158 g/mol. The number of hydrogen-bond acceptors (Lipinski definition) is 3. The molecule has 2 unspecified atom stereocenters. The summed E-state index contributed by atoms with van der Waals surface area (Å²) < 4.78 is 5.42. The molecular formula is C8H18N2O. The normalized spacial score (nSPS) is 39.5. The molecule has 66 valence electrons. The van der Waals surface area contributed by atoms with Crippen molar-refractivity contribution in [1.82, 2.24) is 4.90 Å². The van der Waals surface area contributed by atoms with Gasteiger partial charge in [0.05, 0.1) is 6.10 Å². The number of ether oxygens (including phenoxy) is 1.